The third-order valence-corrected chi connectivity index (χ3v) is 7.40. The molecule has 1 heterocycles. The number of rotatable bonds is 6. The van der Waals surface area contributed by atoms with E-state index < -0.39 is 22.9 Å². The first-order valence-corrected chi connectivity index (χ1v) is 13.8. The maximum absolute atomic E-state index is 13.6. The van der Waals surface area contributed by atoms with E-state index in [2.05, 4.69) is 5.32 Å². The summed E-state index contributed by atoms with van der Waals surface area (Å²) in [6.07, 6.45) is 4.25. The van der Waals surface area contributed by atoms with E-state index in [1.54, 1.807) is 26.8 Å². The summed E-state index contributed by atoms with van der Waals surface area (Å²) in [7, 11) is 0. The van der Waals surface area contributed by atoms with Crippen LogP contribution in [0.2, 0.25) is 5.02 Å². The molecular weight excluding hydrogens is 504 g/mol. The molecule has 1 saturated heterocycles. The molecule has 1 atom stereocenters. The summed E-state index contributed by atoms with van der Waals surface area (Å²) in [6, 6.07) is 15.4. The summed E-state index contributed by atoms with van der Waals surface area (Å²) in [6.45, 7) is 8.30. The Morgan fingerprint density at radius 3 is 2.21 bits per heavy atom. The molecule has 1 amide bonds. The largest absolute Gasteiger partial charge is 0.487 e. The average molecular weight is 545 g/mol. The third kappa shape index (κ3) is 8.19. The minimum Gasteiger partial charge on any atom is -0.487 e. The number of carbonyl (C=O) groups is 2. The van der Waals surface area contributed by atoms with Gasteiger partial charge in [0.15, 0.2) is 0 Å². The fraction of sp³-hybridized carbons (Fsp3) is 0.533. The molecule has 0 aromatic heterocycles. The van der Waals surface area contributed by atoms with Crippen molar-refractivity contribution >= 4 is 23.5 Å². The number of hydrogen-bond donors (Lipinski definition) is 3. The monoisotopic (exact) mass is 544 g/mol. The van der Waals surface area contributed by atoms with Crippen LogP contribution in [-0.2, 0) is 16.2 Å². The highest BCUT2D eigenvalue weighted by Gasteiger charge is 2.45. The van der Waals surface area contributed by atoms with Crippen LogP contribution in [0.25, 0.3) is 0 Å². The Balaban J connectivity index is 0.000000505. The summed E-state index contributed by atoms with van der Waals surface area (Å²) in [5, 5.41) is 23.6. The van der Waals surface area contributed by atoms with E-state index in [1.165, 1.54) is 0 Å². The van der Waals surface area contributed by atoms with Crippen LogP contribution in [0.15, 0.2) is 48.5 Å². The van der Waals surface area contributed by atoms with Gasteiger partial charge in [-0.1, -0.05) is 67.3 Å². The topological polar surface area (TPSA) is 99.1 Å². The molecule has 3 N–H and O–H groups in total. The van der Waals surface area contributed by atoms with E-state index in [0.29, 0.717) is 43.3 Å². The molecule has 8 heteroatoms. The van der Waals surface area contributed by atoms with Gasteiger partial charge >= 0.3 is 5.97 Å². The first-order valence-electron chi connectivity index (χ1n) is 13.4. The minimum absolute atomic E-state index is 0.0000735. The molecule has 0 radical (unpaired) electrons. The quantitative estimate of drug-likeness (QED) is 0.459. The van der Waals surface area contributed by atoms with Crippen LogP contribution in [0.1, 0.15) is 69.9 Å². The Bertz CT molecular complexity index is 1060. The number of halogens is 1. The van der Waals surface area contributed by atoms with Crippen LogP contribution in [0.4, 0.5) is 0 Å². The van der Waals surface area contributed by atoms with Gasteiger partial charge in [-0.3, -0.25) is 9.59 Å². The molecule has 208 valence electrons. The van der Waals surface area contributed by atoms with Gasteiger partial charge < -0.3 is 25.2 Å². The summed E-state index contributed by atoms with van der Waals surface area (Å²) in [5.41, 5.74) is 0.214. The number of carboxylic acids is 1. The second kappa shape index (κ2) is 13.5. The van der Waals surface area contributed by atoms with E-state index in [9.17, 15) is 14.7 Å². The van der Waals surface area contributed by atoms with E-state index in [1.807, 2.05) is 47.4 Å². The summed E-state index contributed by atoms with van der Waals surface area (Å²) >= 11 is 6.57. The van der Waals surface area contributed by atoms with Crippen LogP contribution >= 0.6 is 11.6 Å². The van der Waals surface area contributed by atoms with Crippen molar-refractivity contribution in [2.75, 3.05) is 26.2 Å². The maximum atomic E-state index is 13.6. The molecule has 4 rings (SSSR count). The molecule has 2 aromatic rings. The van der Waals surface area contributed by atoms with Crippen molar-refractivity contribution < 1.29 is 24.5 Å². The van der Waals surface area contributed by atoms with Gasteiger partial charge in [0, 0.05) is 26.2 Å². The van der Waals surface area contributed by atoms with Crippen LogP contribution < -0.4 is 10.1 Å². The Morgan fingerprint density at radius 2 is 1.66 bits per heavy atom. The van der Waals surface area contributed by atoms with E-state index in [4.69, 9.17) is 21.4 Å². The fourth-order valence-corrected chi connectivity index (χ4v) is 5.00. The van der Waals surface area contributed by atoms with Crippen molar-refractivity contribution in [3.8, 4) is 5.75 Å². The van der Waals surface area contributed by atoms with Crippen LogP contribution in [0, 0.1) is 5.41 Å². The Hall–Kier alpha value is -2.61. The van der Waals surface area contributed by atoms with E-state index in [-0.39, 0.29) is 5.91 Å². The first kappa shape index (κ1) is 29.9. The van der Waals surface area contributed by atoms with Gasteiger partial charge in [-0.25, -0.2) is 0 Å². The van der Waals surface area contributed by atoms with Gasteiger partial charge in [0.2, 0.25) is 5.91 Å². The minimum atomic E-state index is -1.03. The molecular formula is C30H41ClN2O5. The lowest BCUT2D eigenvalue weighted by Crippen LogP contribution is -2.53. The number of nitrogens with one attached hydrogen (secondary N) is 1. The summed E-state index contributed by atoms with van der Waals surface area (Å²) in [4.78, 5) is 25.5. The molecule has 2 aliphatic rings. The van der Waals surface area contributed by atoms with Gasteiger partial charge in [0.1, 0.15) is 12.4 Å². The average Bonchev–Trinajstić information content (AvgIpc) is 2.89. The molecule has 0 unspecified atom stereocenters. The fourth-order valence-electron chi connectivity index (χ4n) is 4.75. The van der Waals surface area contributed by atoms with Gasteiger partial charge in [-0.15, -0.1) is 0 Å². The molecule has 1 aliphatic carbocycles. The maximum Gasteiger partial charge on any atom is 0.308 e. The molecule has 0 bridgehead atoms. The number of amides is 1. The lowest BCUT2D eigenvalue weighted by atomic mass is 9.72. The smallest absolute Gasteiger partial charge is 0.308 e. The zero-order valence-electron chi connectivity index (χ0n) is 22.7. The molecule has 2 aromatic carbocycles. The number of carbonyl (C=O) groups excluding carboxylic acids is 1. The van der Waals surface area contributed by atoms with Crippen molar-refractivity contribution in [2.45, 2.75) is 71.0 Å². The number of aliphatic hydroxyl groups is 1. The molecule has 2 fully saturated rings. The summed E-state index contributed by atoms with van der Waals surface area (Å²) in [5.74, 6) is -0.780. The predicted molar refractivity (Wildman–Crippen MR) is 150 cm³/mol. The number of nitrogens with zero attached hydrogens (tertiary/aromatic N) is 1. The normalized spacial score (nSPS) is 18.1. The first-order chi connectivity index (χ1) is 18.0. The second-order valence-electron chi connectivity index (χ2n) is 11.2. The number of aliphatic carboxylic acids is 1. The lowest BCUT2D eigenvalue weighted by Gasteiger charge is -2.41. The number of ether oxygens (including phenoxy) is 1. The Morgan fingerprint density at radius 1 is 1.05 bits per heavy atom. The summed E-state index contributed by atoms with van der Waals surface area (Å²) < 4.78 is 5.91. The standard InChI is InChI=1S/C25H31ClN2O3.C5H10O2/c26-21-17-20(9-10-22(21)31-18-19-7-3-1-4-8-19)23(25(30)11-5-2-6-12-25)24(29)28-15-13-27-14-16-28;1-5(2,3)4(6)7/h1,3-4,7-10,17,23,27,30H,2,5-6,11-16,18H2;1-3H3,(H,6,7)/t23-;/m0./s1. The Labute approximate surface area is 231 Å². The van der Waals surface area contributed by atoms with Crippen molar-refractivity contribution in [3.63, 3.8) is 0 Å². The van der Waals surface area contributed by atoms with Crippen LogP contribution in [0.3, 0.4) is 0 Å². The van der Waals surface area contributed by atoms with Crippen LogP contribution in [-0.4, -0.2) is 58.8 Å². The van der Waals surface area contributed by atoms with Crippen molar-refractivity contribution in [2.24, 2.45) is 5.41 Å². The lowest BCUT2D eigenvalue weighted by molar-refractivity contribution is -0.146. The Kier molecular flexibility index (Phi) is 10.6. The molecule has 38 heavy (non-hydrogen) atoms. The van der Waals surface area contributed by atoms with Gasteiger partial charge in [-0.05, 0) is 56.9 Å². The van der Waals surface area contributed by atoms with Gasteiger partial charge in [0.25, 0.3) is 0 Å². The van der Waals surface area contributed by atoms with Crippen molar-refractivity contribution in [3.05, 3.63) is 64.7 Å². The highest BCUT2D eigenvalue weighted by Crippen LogP contribution is 2.42. The number of benzene rings is 2. The third-order valence-electron chi connectivity index (χ3n) is 7.10. The molecule has 7 nitrogen and oxygen atoms in total. The molecule has 1 aliphatic heterocycles. The SMILES string of the molecule is CC(C)(C)C(=O)O.O=C([C@H](c1ccc(OCc2ccccc2)c(Cl)c1)C1(O)CCCCC1)N1CCNCC1. The van der Waals surface area contributed by atoms with Crippen LogP contribution in [0.5, 0.6) is 5.75 Å². The van der Waals surface area contributed by atoms with Crippen molar-refractivity contribution in [1.29, 1.82) is 0 Å². The number of hydrogen-bond acceptors (Lipinski definition) is 5. The van der Waals surface area contributed by atoms with Gasteiger partial charge in [-0.2, -0.15) is 0 Å². The zero-order chi connectivity index (χ0) is 27.8. The molecule has 0 spiro atoms. The predicted octanol–water partition coefficient (Wildman–Crippen LogP) is 5.25. The van der Waals surface area contributed by atoms with Crippen molar-refractivity contribution in [1.82, 2.24) is 10.2 Å². The van der Waals surface area contributed by atoms with E-state index in [0.717, 1.165) is 43.5 Å². The van der Waals surface area contributed by atoms with E-state index >= 15 is 0 Å². The number of piperazine rings is 1. The molecule has 1 saturated carbocycles. The highest BCUT2D eigenvalue weighted by atomic mass is 35.5. The highest BCUT2D eigenvalue weighted by molar-refractivity contribution is 6.32. The second-order valence-corrected chi connectivity index (χ2v) is 11.6. The zero-order valence-corrected chi connectivity index (χ0v) is 23.5. The number of carboxylic acid groups (broad SMARTS) is 1. The van der Waals surface area contributed by atoms with Gasteiger partial charge in [0.05, 0.1) is 22.0 Å².